The molecule has 2 heterocycles. The van der Waals surface area contributed by atoms with E-state index >= 15 is 0 Å². The van der Waals surface area contributed by atoms with Gasteiger partial charge in [0.1, 0.15) is 12.4 Å². The molecule has 1 fully saturated rings. The lowest BCUT2D eigenvalue weighted by atomic mass is 10.1. The molecule has 2 amide bonds. The van der Waals surface area contributed by atoms with E-state index in [1.54, 1.807) is 29.2 Å². The maximum Gasteiger partial charge on any atom is 0.255 e. The molecular weight excluding hydrogens is 328 g/mol. The zero-order valence-corrected chi connectivity index (χ0v) is 14.0. The maximum atomic E-state index is 12.6. The first-order chi connectivity index (χ1) is 11.6. The minimum atomic E-state index is -0.543. The second kappa shape index (κ2) is 6.97. The Labute approximate surface area is 144 Å². The molecule has 0 radical (unpaired) electrons. The molecule has 7 heteroatoms. The second-order valence-electron chi connectivity index (χ2n) is 5.52. The molecule has 1 aliphatic heterocycles. The molecule has 1 aromatic heterocycles. The van der Waals surface area contributed by atoms with Gasteiger partial charge < -0.3 is 10.2 Å². The molecule has 0 bridgehead atoms. The fourth-order valence-electron chi connectivity index (χ4n) is 2.75. The Morgan fingerprint density at radius 1 is 1.38 bits per heavy atom. The number of carbonyl (C=O) groups excluding carboxylic acids is 2. The number of aryl methyl sites for hydroxylation is 1. The summed E-state index contributed by atoms with van der Waals surface area (Å²) in [6, 6.07) is 6.53. The van der Waals surface area contributed by atoms with Crippen LogP contribution in [-0.4, -0.2) is 34.4 Å². The highest BCUT2D eigenvalue weighted by molar-refractivity contribution is 6.30. The van der Waals surface area contributed by atoms with Crippen molar-refractivity contribution in [3.63, 3.8) is 0 Å². The van der Waals surface area contributed by atoms with Gasteiger partial charge in [0.05, 0.1) is 11.3 Å². The zero-order valence-electron chi connectivity index (χ0n) is 13.2. The lowest BCUT2D eigenvalue weighted by Crippen LogP contribution is -2.42. The average Bonchev–Trinajstić information content (AvgIpc) is 2.96. The number of benzene rings is 1. The number of hydrogen-bond donors (Lipinski definition) is 1. The second-order valence-corrected chi connectivity index (χ2v) is 5.95. The molecule has 3 rings (SSSR count). The van der Waals surface area contributed by atoms with Crippen LogP contribution in [0.15, 0.2) is 36.8 Å². The predicted molar refractivity (Wildman–Crippen MR) is 91.1 cm³/mol. The lowest BCUT2D eigenvalue weighted by Gasteiger charge is -2.17. The van der Waals surface area contributed by atoms with Gasteiger partial charge in [0.2, 0.25) is 5.91 Å². The molecule has 0 saturated carbocycles. The first-order valence-electron chi connectivity index (χ1n) is 7.77. The summed E-state index contributed by atoms with van der Waals surface area (Å²) in [5, 5.41) is 3.41. The summed E-state index contributed by atoms with van der Waals surface area (Å²) in [4.78, 5) is 34.7. The Morgan fingerprint density at radius 2 is 2.12 bits per heavy atom. The van der Waals surface area contributed by atoms with Gasteiger partial charge in [0, 0.05) is 23.5 Å². The van der Waals surface area contributed by atoms with Crippen LogP contribution in [0, 0.1) is 0 Å². The van der Waals surface area contributed by atoms with Crippen LogP contribution >= 0.6 is 11.6 Å². The van der Waals surface area contributed by atoms with Crippen molar-refractivity contribution in [3.8, 4) is 0 Å². The summed E-state index contributed by atoms with van der Waals surface area (Å²) >= 11 is 5.88. The Morgan fingerprint density at radius 3 is 2.83 bits per heavy atom. The summed E-state index contributed by atoms with van der Waals surface area (Å²) in [7, 11) is 0. The van der Waals surface area contributed by atoms with Crippen molar-refractivity contribution >= 4 is 29.1 Å². The molecular formula is C17H17ClN4O2. The number of nitrogens with one attached hydrogen (secondary N) is 1. The minimum absolute atomic E-state index is 0.124. The Bertz CT molecular complexity index is 763. The highest BCUT2D eigenvalue weighted by Gasteiger charge is 2.34. The third-order valence-corrected chi connectivity index (χ3v) is 4.28. The monoisotopic (exact) mass is 344 g/mol. The summed E-state index contributed by atoms with van der Waals surface area (Å²) in [5.74, 6) is -0.440. The molecule has 2 aromatic rings. The van der Waals surface area contributed by atoms with E-state index in [-0.39, 0.29) is 11.8 Å². The van der Waals surface area contributed by atoms with E-state index in [0.717, 1.165) is 5.69 Å². The Kier molecular flexibility index (Phi) is 4.76. The standard InChI is InChI=1S/C17H17ClN4O2/c1-2-14-13(9-19-10-20-14)16(23)21-15-7-8-22(17(15)24)12-5-3-11(18)4-6-12/h3-6,9-10,15H,2,7-8H2,1H3,(H,21,23). The van der Waals surface area contributed by atoms with E-state index in [0.29, 0.717) is 35.7 Å². The first-order valence-corrected chi connectivity index (χ1v) is 8.14. The topological polar surface area (TPSA) is 75.2 Å². The highest BCUT2D eigenvalue weighted by atomic mass is 35.5. The molecule has 6 nitrogen and oxygen atoms in total. The van der Waals surface area contributed by atoms with Crippen LogP contribution in [0.4, 0.5) is 5.69 Å². The van der Waals surface area contributed by atoms with Crippen LogP contribution in [0.1, 0.15) is 29.4 Å². The van der Waals surface area contributed by atoms with E-state index in [2.05, 4.69) is 15.3 Å². The van der Waals surface area contributed by atoms with E-state index in [1.165, 1.54) is 12.5 Å². The zero-order chi connectivity index (χ0) is 17.1. The van der Waals surface area contributed by atoms with Crippen LogP contribution in [0.3, 0.4) is 0 Å². The van der Waals surface area contributed by atoms with Gasteiger partial charge in [-0.3, -0.25) is 9.59 Å². The molecule has 24 heavy (non-hydrogen) atoms. The molecule has 1 saturated heterocycles. The fraction of sp³-hybridized carbons (Fsp3) is 0.294. The van der Waals surface area contributed by atoms with Crippen LogP contribution < -0.4 is 10.2 Å². The van der Waals surface area contributed by atoms with Crippen LogP contribution in [0.5, 0.6) is 0 Å². The first kappa shape index (κ1) is 16.4. The van der Waals surface area contributed by atoms with Crippen molar-refractivity contribution in [2.24, 2.45) is 0 Å². The molecule has 1 unspecified atom stereocenters. The quantitative estimate of drug-likeness (QED) is 0.922. The fourth-order valence-corrected chi connectivity index (χ4v) is 2.88. The van der Waals surface area contributed by atoms with Crippen LogP contribution in [0.2, 0.25) is 5.02 Å². The van der Waals surface area contributed by atoms with Crippen molar-refractivity contribution in [3.05, 3.63) is 53.1 Å². The van der Waals surface area contributed by atoms with Crippen molar-refractivity contribution in [2.75, 3.05) is 11.4 Å². The number of anilines is 1. The SMILES string of the molecule is CCc1ncncc1C(=O)NC1CCN(c2ccc(Cl)cc2)C1=O. The van der Waals surface area contributed by atoms with Gasteiger partial charge in [-0.2, -0.15) is 0 Å². The van der Waals surface area contributed by atoms with Crippen LogP contribution in [0.25, 0.3) is 0 Å². The minimum Gasteiger partial charge on any atom is -0.340 e. The van der Waals surface area contributed by atoms with Gasteiger partial charge in [-0.15, -0.1) is 0 Å². The van der Waals surface area contributed by atoms with E-state index in [4.69, 9.17) is 11.6 Å². The third-order valence-electron chi connectivity index (χ3n) is 4.02. The van der Waals surface area contributed by atoms with Gasteiger partial charge in [-0.05, 0) is 37.1 Å². The van der Waals surface area contributed by atoms with Gasteiger partial charge >= 0.3 is 0 Å². The van der Waals surface area contributed by atoms with Crippen molar-refractivity contribution in [1.29, 1.82) is 0 Å². The molecule has 124 valence electrons. The number of amides is 2. The normalized spacial score (nSPS) is 17.2. The molecule has 1 atom stereocenters. The smallest absolute Gasteiger partial charge is 0.255 e. The molecule has 1 N–H and O–H groups in total. The maximum absolute atomic E-state index is 12.6. The molecule has 0 aliphatic carbocycles. The van der Waals surface area contributed by atoms with E-state index in [9.17, 15) is 9.59 Å². The number of rotatable bonds is 4. The Balaban J connectivity index is 1.71. The summed E-state index contributed by atoms with van der Waals surface area (Å²) in [5.41, 5.74) is 1.86. The number of aromatic nitrogens is 2. The van der Waals surface area contributed by atoms with Gasteiger partial charge in [-0.1, -0.05) is 18.5 Å². The van der Waals surface area contributed by atoms with Gasteiger partial charge in [0.15, 0.2) is 0 Å². The van der Waals surface area contributed by atoms with Crippen molar-refractivity contribution in [2.45, 2.75) is 25.8 Å². The number of nitrogens with zero attached hydrogens (tertiary/aromatic N) is 3. The number of carbonyl (C=O) groups is 2. The van der Waals surface area contributed by atoms with Gasteiger partial charge in [-0.25, -0.2) is 9.97 Å². The summed E-state index contributed by atoms with van der Waals surface area (Å²) < 4.78 is 0. The lowest BCUT2D eigenvalue weighted by molar-refractivity contribution is -0.118. The van der Waals surface area contributed by atoms with Crippen molar-refractivity contribution < 1.29 is 9.59 Å². The molecule has 1 aliphatic rings. The average molecular weight is 345 g/mol. The van der Waals surface area contributed by atoms with E-state index in [1.807, 2.05) is 6.92 Å². The third kappa shape index (κ3) is 3.23. The summed E-state index contributed by atoms with van der Waals surface area (Å²) in [6.45, 7) is 2.47. The highest BCUT2D eigenvalue weighted by Crippen LogP contribution is 2.23. The van der Waals surface area contributed by atoms with Crippen molar-refractivity contribution in [1.82, 2.24) is 15.3 Å². The largest absolute Gasteiger partial charge is 0.340 e. The summed E-state index contributed by atoms with van der Waals surface area (Å²) in [6.07, 6.45) is 4.08. The predicted octanol–water partition coefficient (Wildman–Crippen LogP) is 2.23. The number of halogens is 1. The van der Waals surface area contributed by atoms with Crippen LogP contribution in [-0.2, 0) is 11.2 Å². The Hall–Kier alpha value is -2.47. The number of hydrogen-bond acceptors (Lipinski definition) is 4. The molecule has 0 spiro atoms. The molecule has 1 aromatic carbocycles. The van der Waals surface area contributed by atoms with Gasteiger partial charge in [0.25, 0.3) is 5.91 Å². The van der Waals surface area contributed by atoms with E-state index < -0.39 is 6.04 Å².